The molecule has 10 N–H and O–H groups in total. The van der Waals surface area contributed by atoms with Crippen LogP contribution in [0.4, 0.5) is 4.79 Å². The predicted octanol–water partition coefficient (Wildman–Crippen LogP) is -1.09. The van der Waals surface area contributed by atoms with Gasteiger partial charge in [-0.2, -0.15) is 0 Å². The van der Waals surface area contributed by atoms with Crippen LogP contribution in [0.25, 0.3) is 0 Å². The summed E-state index contributed by atoms with van der Waals surface area (Å²) in [6, 6.07) is -4.57. The average Bonchev–Trinajstić information content (AvgIpc) is 3.32. The van der Waals surface area contributed by atoms with E-state index in [0.717, 1.165) is 6.42 Å². The van der Waals surface area contributed by atoms with E-state index >= 15 is 0 Å². The Labute approximate surface area is 235 Å². The highest BCUT2D eigenvalue weighted by molar-refractivity contribution is 5.86. The fourth-order valence-electron chi connectivity index (χ4n) is 3.70. The number of carbonyl (C=O) groups excluding carboxylic acids is 2. The van der Waals surface area contributed by atoms with Crippen molar-refractivity contribution in [1.29, 1.82) is 0 Å². The number of nitrogens with two attached hydrogens (primary N) is 1. The van der Waals surface area contributed by atoms with Gasteiger partial charge >= 0.3 is 29.9 Å². The van der Waals surface area contributed by atoms with Crippen molar-refractivity contribution in [2.45, 2.75) is 82.6 Å². The standard InChI is InChI=1S/C24H39N7O10/c25-15(5-1-3-9-26-13-18-27-11-12-31(18)14-20(34)35)21(36)28-10-4-2-6-16(22(37)38)29-24(41)30-17(23(39)40)7-8-19(32)33/h11-12,15-17,26H,1-10,13-14,25H2,(H,28,36)(H,32,33)(H,34,35)(H,37,38)(H,39,40)(H2,29,30,41)/t15-,16-,17-/m0/s1. The fourth-order valence-corrected chi connectivity index (χ4v) is 3.70. The van der Waals surface area contributed by atoms with Crippen LogP contribution in [0.5, 0.6) is 0 Å². The molecule has 230 valence electrons. The van der Waals surface area contributed by atoms with E-state index in [1.165, 1.54) is 10.8 Å². The van der Waals surface area contributed by atoms with Crippen molar-refractivity contribution in [2.24, 2.45) is 5.73 Å². The minimum Gasteiger partial charge on any atom is -0.481 e. The van der Waals surface area contributed by atoms with Gasteiger partial charge < -0.3 is 52.0 Å². The molecule has 41 heavy (non-hydrogen) atoms. The number of carbonyl (C=O) groups is 6. The normalized spacial score (nSPS) is 13.0. The molecule has 0 aliphatic rings. The van der Waals surface area contributed by atoms with Crippen LogP contribution in [0, 0.1) is 0 Å². The summed E-state index contributed by atoms with van der Waals surface area (Å²) in [5, 5.41) is 46.0. The molecule has 0 radical (unpaired) electrons. The molecule has 17 heteroatoms. The van der Waals surface area contributed by atoms with E-state index in [2.05, 4.69) is 26.3 Å². The lowest BCUT2D eigenvalue weighted by molar-refractivity contribution is -0.141. The number of nitrogens with zero attached hydrogens (tertiary/aromatic N) is 2. The van der Waals surface area contributed by atoms with Crippen LogP contribution < -0.4 is 27.0 Å². The van der Waals surface area contributed by atoms with Crippen LogP contribution >= 0.6 is 0 Å². The molecule has 17 nitrogen and oxygen atoms in total. The third-order valence-corrected chi connectivity index (χ3v) is 5.92. The van der Waals surface area contributed by atoms with Crippen molar-refractivity contribution in [3.8, 4) is 0 Å². The highest BCUT2D eigenvalue weighted by Crippen LogP contribution is 2.04. The van der Waals surface area contributed by atoms with E-state index in [-0.39, 0.29) is 31.8 Å². The van der Waals surface area contributed by atoms with E-state index in [1.54, 1.807) is 6.20 Å². The number of aromatic nitrogens is 2. The topological polar surface area (TPSA) is 275 Å². The molecule has 0 aliphatic carbocycles. The Morgan fingerprint density at radius 2 is 1.44 bits per heavy atom. The number of carboxylic acid groups (broad SMARTS) is 4. The minimum absolute atomic E-state index is 0.0150. The van der Waals surface area contributed by atoms with E-state index in [9.17, 15) is 33.9 Å². The molecule has 0 unspecified atom stereocenters. The van der Waals surface area contributed by atoms with Gasteiger partial charge in [-0.15, -0.1) is 0 Å². The first-order valence-electron chi connectivity index (χ1n) is 13.1. The number of hydrogen-bond acceptors (Lipinski definition) is 9. The van der Waals surface area contributed by atoms with E-state index in [0.29, 0.717) is 44.6 Å². The van der Waals surface area contributed by atoms with Gasteiger partial charge in [0.15, 0.2) is 0 Å². The van der Waals surface area contributed by atoms with Crippen molar-refractivity contribution in [3.63, 3.8) is 0 Å². The van der Waals surface area contributed by atoms with Crippen LogP contribution in [0.3, 0.4) is 0 Å². The first kappa shape index (κ1) is 34.8. The van der Waals surface area contributed by atoms with Gasteiger partial charge in [0.25, 0.3) is 0 Å². The number of rotatable bonds is 22. The van der Waals surface area contributed by atoms with Crippen LogP contribution in [0.2, 0.25) is 0 Å². The molecule has 0 saturated carbocycles. The van der Waals surface area contributed by atoms with E-state index < -0.39 is 54.5 Å². The molecule has 0 spiro atoms. The second-order valence-corrected chi connectivity index (χ2v) is 9.26. The number of imidazole rings is 1. The maximum absolute atomic E-state index is 12.2. The van der Waals surface area contributed by atoms with Crippen molar-refractivity contribution >= 4 is 35.8 Å². The van der Waals surface area contributed by atoms with Crippen LogP contribution in [-0.2, 0) is 37.1 Å². The van der Waals surface area contributed by atoms with Crippen molar-refractivity contribution in [3.05, 3.63) is 18.2 Å². The summed E-state index contributed by atoms with van der Waals surface area (Å²) in [4.78, 5) is 72.4. The molecule has 0 fully saturated rings. The summed E-state index contributed by atoms with van der Waals surface area (Å²) in [5.74, 6) is -4.71. The van der Waals surface area contributed by atoms with Gasteiger partial charge in [-0.1, -0.05) is 6.42 Å². The van der Waals surface area contributed by atoms with Crippen LogP contribution in [0.1, 0.15) is 57.2 Å². The first-order valence-corrected chi connectivity index (χ1v) is 13.1. The first-order chi connectivity index (χ1) is 19.4. The lowest BCUT2D eigenvalue weighted by Crippen LogP contribution is -2.51. The van der Waals surface area contributed by atoms with Gasteiger partial charge in [-0.25, -0.2) is 19.4 Å². The monoisotopic (exact) mass is 585 g/mol. The number of aliphatic carboxylic acids is 4. The zero-order chi connectivity index (χ0) is 30.8. The molecule has 1 rings (SSSR count). The number of amides is 3. The fraction of sp³-hybridized carbons (Fsp3) is 0.625. The molecule has 3 atom stereocenters. The molecule has 0 bridgehead atoms. The third kappa shape index (κ3) is 15.2. The molecule has 0 saturated heterocycles. The summed E-state index contributed by atoms with van der Waals surface area (Å²) in [6.07, 6.45) is 4.89. The Bertz CT molecular complexity index is 1030. The minimum atomic E-state index is -1.49. The zero-order valence-corrected chi connectivity index (χ0v) is 22.6. The molecule has 3 amide bonds. The van der Waals surface area contributed by atoms with Crippen LogP contribution in [-0.4, -0.2) is 97.0 Å². The predicted molar refractivity (Wildman–Crippen MR) is 142 cm³/mol. The van der Waals surface area contributed by atoms with Gasteiger partial charge in [0.05, 0.1) is 12.6 Å². The smallest absolute Gasteiger partial charge is 0.326 e. The molecule has 1 aromatic rings. The third-order valence-electron chi connectivity index (χ3n) is 5.92. The molecule has 1 aromatic heterocycles. The maximum atomic E-state index is 12.2. The quantitative estimate of drug-likeness (QED) is 0.0733. The Morgan fingerprint density at radius 1 is 0.829 bits per heavy atom. The number of urea groups is 1. The molecular weight excluding hydrogens is 546 g/mol. The van der Waals surface area contributed by atoms with Gasteiger partial charge in [0.1, 0.15) is 24.5 Å². The van der Waals surface area contributed by atoms with Crippen molar-refractivity contribution < 1.29 is 49.2 Å². The summed E-state index contributed by atoms with van der Waals surface area (Å²) < 4.78 is 1.54. The summed E-state index contributed by atoms with van der Waals surface area (Å²) in [7, 11) is 0. The Balaban J connectivity index is 2.23. The number of nitrogens with one attached hydrogen (secondary N) is 4. The molecule has 0 aromatic carbocycles. The molecule has 1 heterocycles. The second kappa shape index (κ2) is 18.9. The number of hydrogen-bond donors (Lipinski definition) is 9. The molecular formula is C24H39N7O10. The van der Waals surface area contributed by atoms with Crippen molar-refractivity contribution in [1.82, 2.24) is 30.8 Å². The summed E-state index contributed by atoms with van der Waals surface area (Å²) in [6.45, 7) is 1.11. The highest BCUT2D eigenvalue weighted by atomic mass is 16.4. The zero-order valence-electron chi connectivity index (χ0n) is 22.6. The molecule has 0 aliphatic heterocycles. The van der Waals surface area contributed by atoms with Crippen molar-refractivity contribution in [2.75, 3.05) is 13.1 Å². The summed E-state index contributed by atoms with van der Waals surface area (Å²) >= 11 is 0. The average molecular weight is 586 g/mol. The lowest BCUT2D eigenvalue weighted by Gasteiger charge is -2.18. The number of unbranched alkanes of at least 4 members (excludes halogenated alkanes) is 2. The second-order valence-electron chi connectivity index (χ2n) is 9.26. The van der Waals surface area contributed by atoms with Gasteiger partial charge in [-0.05, 0) is 45.1 Å². The Kier molecular flexibility index (Phi) is 16.1. The maximum Gasteiger partial charge on any atom is 0.326 e. The Morgan fingerprint density at radius 3 is 2.05 bits per heavy atom. The lowest BCUT2D eigenvalue weighted by atomic mass is 10.1. The van der Waals surface area contributed by atoms with Gasteiger partial charge in [0, 0.05) is 25.4 Å². The van der Waals surface area contributed by atoms with Gasteiger partial charge in [-0.3, -0.25) is 14.4 Å². The Hall–Kier alpha value is -4.25. The summed E-state index contributed by atoms with van der Waals surface area (Å²) in [5.41, 5.74) is 5.92. The van der Waals surface area contributed by atoms with E-state index in [1.807, 2.05) is 0 Å². The number of carboxylic acids is 4. The SMILES string of the molecule is N[C@@H](CCCCNCc1nccn1CC(=O)O)C(=O)NCCCC[C@H](NC(=O)N[C@@H](CCC(=O)O)C(=O)O)C(=O)O. The van der Waals surface area contributed by atoms with Gasteiger partial charge in [0.2, 0.25) is 5.91 Å². The van der Waals surface area contributed by atoms with Crippen LogP contribution in [0.15, 0.2) is 12.4 Å². The largest absolute Gasteiger partial charge is 0.481 e. The van der Waals surface area contributed by atoms with E-state index in [4.69, 9.17) is 21.1 Å². The highest BCUT2D eigenvalue weighted by Gasteiger charge is 2.24.